The van der Waals surface area contributed by atoms with Gasteiger partial charge < -0.3 is 29.5 Å². The van der Waals surface area contributed by atoms with Crippen LogP contribution in [0, 0.1) is 5.92 Å². The Morgan fingerprint density at radius 3 is 2.48 bits per heavy atom. The summed E-state index contributed by atoms with van der Waals surface area (Å²) in [6.07, 6.45) is 2.77. The Bertz CT molecular complexity index is 2170. The molecule has 0 radical (unpaired) electrons. The Balaban J connectivity index is 1.34. The van der Waals surface area contributed by atoms with Gasteiger partial charge in [0.1, 0.15) is 11.6 Å². The van der Waals surface area contributed by atoms with Crippen molar-refractivity contribution < 1.29 is 55.7 Å². The molecular formula is C40H51F2N5O10S. The molecule has 7 rings (SSSR count). The van der Waals surface area contributed by atoms with Crippen molar-refractivity contribution in [2.75, 3.05) is 13.2 Å². The standard InChI is InChI=1S/C40H51F2N5O10S/c1-22(2)47(36(51)52)29-24(4)56-23(3)12-7-8-13-25-20-39(25,35(50)45-58(53,54)37(5)17-18-37)44-31(48)30-40(41,42)38(6,21-46(30)34(29)49)57-33-28-15-10-9-14-26(28)27-16-11-19-55-32(27)43-33/h8-10,13-15,22-25,29-30H,7,11-12,16-21H2,1-6H3,(H,44,48)(H,45,50)(H,51,52)/b13-8-/t23-,24+,25-,29+,30+,38-,39-/m1/s1. The molecule has 0 unspecified atom stereocenters. The van der Waals surface area contributed by atoms with E-state index in [0.717, 1.165) is 23.8 Å². The van der Waals surface area contributed by atoms with Gasteiger partial charge in [-0.3, -0.25) is 24.0 Å². The normalized spacial score (nSPS) is 32.3. The number of carboxylic acid groups (broad SMARTS) is 1. The molecule has 0 bridgehead atoms. The largest absolute Gasteiger partial charge is 0.477 e. The van der Waals surface area contributed by atoms with Crippen LogP contribution < -0.4 is 19.5 Å². The number of sulfonamides is 1. The molecule has 0 spiro atoms. The van der Waals surface area contributed by atoms with Crippen LogP contribution in [0.3, 0.4) is 0 Å². The summed E-state index contributed by atoms with van der Waals surface area (Å²) >= 11 is 0. The minimum Gasteiger partial charge on any atom is -0.477 e. The van der Waals surface area contributed by atoms with Gasteiger partial charge in [-0.2, -0.15) is 13.8 Å². The highest BCUT2D eigenvalue weighted by Crippen LogP contribution is 2.50. The first-order valence-corrected chi connectivity index (χ1v) is 21.3. The van der Waals surface area contributed by atoms with E-state index in [2.05, 4.69) is 15.0 Å². The maximum absolute atomic E-state index is 17.6. The van der Waals surface area contributed by atoms with Gasteiger partial charge >= 0.3 is 12.0 Å². The highest BCUT2D eigenvalue weighted by atomic mass is 32.2. The predicted octanol–water partition coefficient (Wildman–Crippen LogP) is 4.32. The number of nitrogens with zero attached hydrogens (tertiary/aromatic N) is 3. The molecule has 1 saturated heterocycles. The van der Waals surface area contributed by atoms with E-state index in [1.807, 2.05) is 0 Å². The van der Waals surface area contributed by atoms with Crippen LogP contribution in [0.15, 0.2) is 36.4 Å². The van der Waals surface area contributed by atoms with Crippen LogP contribution in [0.25, 0.3) is 10.8 Å². The van der Waals surface area contributed by atoms with Crippen LogP contribution in [-0.2, 0) is 35.6 Å². The molecule has 3 aliphatic heterocycles. The summed E-state index contributed by atoms with van der Waals surface area (Å²) in [5, 5.41) is 13.9. The van der Waals surface area contributed by atoms with Gasteiger partial charge in [0.2, 0.25) is 33.6 Å². The Morgan fingerprint density at radius 1 is 1.14 bits per heavy atom. The van der Waals surface area contributed by atoms with Crippen molar-refractivity contribution in [2.45, 2.75) is 139 Å². The third kappa shape index (κ3) is 7.02. The molecule has 2 aliphatic carbocycles. The highest BCUT2D eigenvalue weighted by Gasteiger charge is 2.72. The lowest BCUT2D eigenvalue weighted by Crippen LogP contribution is -2.64. The highest BCUT2D eigenvalue weighted by molar-refractivity contribution is 7.91. The van der Waals surface area contributed by atoms with Crippen molar-refractivity contribution in [3.05, 3.63) is 42.0 Å². The summed E-state index contributed by atoms with van der Waals surface area (Å²) in [5.41, 5.74) is -3.85. The first kappa shape index (κ1) is 41.6. The molecule has 1 aromatic carbocycles. The number of carbonyl (C=O) groups is 4. The zero-order valence-electron chi connectivity index (χ0n) is 33.4. The van der Waals surface area contributed by atoms with Crippen LogP contribution in [0.1, 0.15) is 85.6 Å². The minimum absolute atomic E-state index is 0.107. The number of aryl methyl sites for hydroxylation is 1. The topological polar surface area (TPSA) is 194 Å². The Hall–Kier alpha value is -4.58. The van der Waals surface area contributed by atoms with Crippen molar-refractivity contribution in [1.29, 1.82) is 0 Å². The molecule has 15 nitrogen and oxygen atoms in total. The number of ether oxygens (including phenoxy) is 3. The molecule has 316 valence electrons. The number of benzene rings is 1. The second-order valence-corrected chi connectivity index (χ2v) is 19.3. The van der Waals surface area contributed by atoms with Crippen molar-refractivity contribution >= 4 is 44.6 Å². The number of rotatable bonds is 7. The monoisotopic (exact) mass is 831 g/mol. The lowest BCUT2D eigenvalue weighted by atomic mass is 9.95. The lowest BCUT2D eigenvalue weighted by Gasteiger charge is -2.39. The van der Waals surface area contributed by atoms with Crippen LogP contribution >= 0.6 is 0 Å². The molecule has 7 atom stereocenters. The van der Waals surface area contributed by atoms with E-state index >= 15 is 8.78 Å². The lowest BCUT2D eigenvalue weighted by molar-refractivity contribution is -0.164. The number of hydrogen-bond acceptors (Lipinski definition) is 10. The average Bonchev–Trinajstić information content (AvgIpc) is 4.06. The quantitative estimate of drug-likeness (QED) is 0.337. The van der Waals surface area contributed by atoms with Crippen molar-refractivity contribution in [3.63, 3.8) is 0 Å². The van der Waals surface area contributed by atoms with Gasteiger partial charge in [-0.05, 0) is 97.9 Å². The number of allylic oxidation sites excluding steroid dienone is 1. The molecule has 4 amide bonds. The first-order valence-electron chi connectivity index (χ1n) is 19.8. The van der Waals surface area contributed by atoms with Gasteiger partial charge in [0, 0.05) is 22.9 Å². The fourth-order valence-corrected chi connectivity index (χ4v) is 9.80. The smallest absolute Gasteiger partial charge is 0.408 e. The number of alkyl halides is 2. The molecule has 5 aliphatic rings. The number of carbonyl (C=O) groups excluding carboxylic acids is 3. The maximum Gasteiger partial charge on any atom is 0.408 e. The Labute approximate surface area is 335 Å². The molecule has 3 N–H and O–H groups in total. The number of nitrogens with one attached hydrogen (secondary N) is 2. The second-order valence-electron chi connectivity index (χ2n) is 17.1. The number of aromatic nitrogens is 1. The Kier molecular flexibility index (Phi) is 10.5. The van der Waals surface area contributed by atoms with Gasteiger partial charge in [-0.15, -0.1) is 0 Å². The first-order chi connectivity index (χ1) is 27.2. The number of halogens is 2. The van der Waals surface area contributed by atoms with E-state index in [1.165, 1.54) is 27.7 Å². The van der Waals surface area contributed by atoms with Gasteiger partial charge in [0.25, 0.3) is 5.91 Å². The summed E-state index contributed by atoms with van der Waals surface area (Å²) in [4.78, 5) is 62.3. The van der Waals surface area contributed by atoms with Crippen LogP contribution in [0.4, 0.5) is 13.6 Å². The predicted molar refractivity (Wildman–Crippen MR) is 206 cm³/mol. The van der Waals surface area contributed by atoms with Gasteiger partial charge in [-0.1, -0.05) is 30.4 Å². The minimum atomic E-state index is -4.24. The van der Waals surface area contributed by atoms with Crippen molar-refractivity contribution in [1.82, 2.24) is 24.8 Å². The van der Waals surface area contributed by atoms with Gasteiger partial charge in [0.15, 0.2) is 11.6 Å². The van der Waals surface area contributed by atoms with Crippen molar-refractivity contribution in [3.8, 4) is 11.8 Å². The molecule has 1 aromatic heterocycles. The van der Waals surface area contributed by atoms with E-state index in [4.69, 9.17) is 14.2 Å². The number of fused-ring (bicyclic) bond motifs is 5. The van der Waals surface area contributed by atoms with E-state index in [9.17, 15) is 32.7 Å². The van der Waals surface area contributed by atoms with Crippen LogP contribution in [0.5, 0.6) is 11.8 Å². The average molecular weight is 832 g/mol. The number of amides is 4. The summed E-state index contributed by atoms with van der Waals surface area (Å²) in [5.74, 6) is -8.73. The number of pyridine rings is 1. The van der Waals surface area contributed by atoms with E-state index in [0.29, 0.717) is 54.4 Å². The fraction of sp³-hybridized carbons (Fsp3) is 0.625. The third-order valence-electron chi connectivity index (χ3n) is 12.4. The molecule has 4 heterocycles. The third-order valence-corrected chi connectivity index (χ3v) is 14.5. The SMILES string of the molecule is CC(C)N(C(=O)O)[C@@H]1C(=O)N2C[C@@](C)(Oc3nc4c(c5ccccc35)CCCO4)C(F)(F)[C@@H]2C(=O)N[C@]2(C(=O)NS(=O)(=O)C3(C)CC3)C[C@H]2/C=C\CC[C@@H](C)O[C@H]1C. The van der Waals surface area contributed by atoms with E-state index in [1.54, 1.807) is 43.3 Å². The zero-order chi connectivity index (χ0) is 42.2. The van der Waals surface area contributed by atoms with Crippen molar-refractivity contribution in [2.24, 2.45) is 5.92 Å². The summed E-state index contributed by atoms with van der Waals surface area (Å²) < 4.78 is 80.8. The van der Waals surface area contributed by atoms with E-state index in [-0.39, 0.29) is 18.2 Å². The van der Waals surface area contributed by atoms with Crippen LogP contribution in [0.2, 0.25) is 0 Å². The maximum atomic E-state index is 17.6. The second kappa shape index (κ2) is 14.6. The summed E-state index contributed by atoms with van der Waals surface area (Å²) in [6, 6.07) is 1.71. The van der Waals surface area contributed by atoms with E-state index < -0.39 is 98.4 Å². The summed E-state index contributed by atoms with van der Waals surface area (Å²) in [6.45, 7) is 8.19. The molecule has 58 heavy (non-hydrogen) atoms. The van der Waals surface area contributed by atoms with Crippen LogP contribution in [-0.4, -0.2) is 117 Å². The Morgan fingerprint density at radius 2 is 1.83 bits per heavy atom. The van der Waals surface area contributed by atoms with Gasteiger partial charge in [0.05, 0.1) is 30.1 Å². The molecule has 2 saturated carbocycles. The number of hydrogen-bond donors (Lipinski definition) is 3. The molecule has 3 fully saturated rings. The molecule has 18 heteroatoms. The zero-order valence-corrected chi connectivity index (χ0v) is 34.2. The fourth-order valence-electron chi connectivity index (χ4n) is 8.48. The molecule has 2 aromatic rings. The van der Waals surface area contributed by atoms with Gasteiger partial charge in [-0.25, -0.2) is 13.2 Å². The summed E-state index contributed by atoms with van der Waals surface area (Å²) in [7, 11) is -4.21. The molecular weight excluding hydrogens is 781 g/mol.